The highest BCUT2D eigenvalue weighted by Crippen LogP contribution is 2.58. The first kappa shape index (κ1) is 37.8. The molecule has 5 rings (SSSR count). The van der Waals surface area contributed by atoms with Gasteiger partial charge in [-0.25, -0.2) is 9.59 Å². The average molecular weight is 721 g/mol. The van der Waals surface area contributed by atoms with Crippen LogP contribution in [-0.2, 0) is 29.3 Å². The van der Waals surface area contributed by atoms with Gasteiger partial charge in [0.15, 0.2) is 29.3 Å². The van der Waals surface area contributed by atoms with E-state index in [9.17, 15) is 14.4 Å². The maximum Gasteiger partial charge on any atom is 0.342 e. The van der Waals surface area contributed by atoms with Crippen LogP contribution in [0.3, 0.4) is 0 Å². The number of carbonyl (C=O) groups is 3. The van der Waals surface area contributed by atoms with Gasteiger partial charge in [0.25, 0.3) is 0 Å². The minimum absolute atomic E-state index is 0.00222. The lowest BCUT2D eigenvalue weighted by molar-refractivity contribution is 0.0583. The predicted molar refractivity (Wildman–Crippen MR) is 197 cm³/mol. The minimum Gasteiger partial charge on any atom is -0.493 e. The maximum atomic E-state index is 13.9. The standard InChI is InChI=1S/C42H40O11/c1-26-31(41(44)49-5)37(52-24-28-18-12-8-13-19-28)33(39(47-3)35(26)46-2)34-38(53-25-29-20-14-9-15-21-29)32(42(45)50-6)30(22-43)36(40(34)48-4)51-23-27-16-10-7-11-17-27/h7-22H,23-25H2,1-6H3. The van der Waals surface area contributed by atoms with Crippen LogP contribution in [0.15, 0.2) is 91.0 Å². The van der Waals surface area contributed by atoms with Crippen molar-refractivity contribution in [1.29, 1.82) is 0 Å². The van der Waals surface area contributed by atoms with E-state index in [4.69, 9.17) is 37.9 Å². The van der Waals surface area contributed by atoms with Crippen LogP contribution in [0.4, 0.5) is 0 Å². The van der Waals surface area contributed by atoms with Gasteiger partial charge in [-0.2, -0.15) is 0 Å². The number of ether oxygens (including phenoxy) is 8. The highest BCUT2D eigenvalue weighted by atomic mass is 16.5. The Hall–Kier alpha value is -6.49. The van der Waals surface area contributed by atoms with Crippen LogP contribution < -0.4 is 28.4 Å². The molecule has 0 fully saturated rings. The van der Waals surface area contributed by atoms with Crippen molar-refractivity contribution in [3.63, 3.8) is 0 Å². The molecule has 0 aliphatic carbocycles. The number of carbonyl (C=O) groups excluding carboxylic acids is 3. The molecule has 0 atom stereocenters. The molecular weight excluding hydrogens is 680 g/mol. The molecule has 0 heterocycles. The topological polar surface area (TPSA) is 125 Å². The largest absolute Gasteiger partial charge is 0.493 e. The number of methoxy groups -OCH3 is 5. The third-order valence-corrected chi connectivity index (χ3v) is 8.44. The van der Waals surface area contributed by atoms with Gasteiger partial charge in [-0.3, -0.25) is 4.79 Å². The van der Waals surface area contributed by atoms with Crippen LogP contribution in [0.2, 0.25) is 0 Å². The summed E-state index contributed by atoms with van der Waals surface area (Å²) in [6.07, 6.45) is 0.480. The molecule has 0 aromatic heterocycles. The second kappa shape index (κ2) is 17.6. The predicted octanol–water partition coefficient (Wildman–Crippen LogP) is 7.81. The molecule has 0 unspecified atom stereocenters. The molecule has 5 aromatic carbocycles. The Balaban J connectivity index is 1.96. The van der Waals surface area contributed by atoms with E-state index in [1.807, 2.05) is 91.0 Å². The molecule has 274 valence electrons. The van der Waals surface area contributed by atoms with Crippen molar-refractivity contribution in [2.75, 3.05) is 35.5 Å². The van der Waals surface area contributed by atoms with E-state index in [1.165, 1.54) is 35.5 Å². The Bertz CT molecular complexity index is 2060. The summed E-state index contributed by atoms with van der Waals surface area (Å²) in [6.45, 7) is 1.60. The molecule has 0 spiro atoms. The molecule has 0 amide bonds. The van der Waals surface area contributed by atoms with Crippen LogP contribution >= 0.6 is 0 Å². The van der Waals surface area contributed by atoms with Gasteiger partial charge in [-0.05, 0) is 23.6 Å². The Kier molecular flexibility index (Phi) is 12.6. The molecule has 11 heteroatoms. The Morgan fingerprint density at radius 2 is 0.849 bits per heavy atom. The smallest absolute Gasteiger partial charge is 0.342 e. The van der Waals surface area contributed by atoms with Crippen molar-refractivity contribution in [3.8, 4) is 45.6 Å². The summed E-state index contributed by atoms with van der Waals surface area (Å²) >= 11 is 0. The second-order valence-electron chi connectivity index (χ2n) is 11.5. The molecule has 0 saturated carbocycles. The highest BCUT2D eigenvalue weighted by molar-refractivity contribution is 6.09. The molecular formula is C42H40O11. The summed E-state index contributed by atoms with van der Waals surface area (Å²) in [7, 11) is 6.66. The molecule has 53 heavy (non-hydrogen) atoms. The van der Waals surface area contributed by atoms with Gasteiger partial charge in [0.2, 0.25) is 0 Å². The summed E-state index contributed by atoms with van der Waals surface area (Å²) in [4.78, 5) is 40.6. The van der Waals surface area contributed by atoms with Gasteiger partial charge in [0.1, 0.15) is 42.4 Å². The summed E-state index contributed by atoms with van der Waals surface area (Å²) in [5.41, 5.74) is 2.37. The number of rotatable bonds is 16. The molecule has 0 aliphatic heterocycles. The van der Waals surface area contributed by atoms with Gasteiger partial charge >= 0.3 is 11.9 Å². The van der Waals surface area contributed by atoms with Crippen LogP contribution in [0.1, 0.15) is 53.3 Å². The van der Waals surface area contributed by atoms with Crippen LogP contribution in [0.25, 0.3) is 11.1 Å². The molecule has 0 bridgehead atoms. The van der Waals surface area contributed by atoms with Crippen molar-refractivity contribution < 1.29 is 52.3 Å². The van der Waals surface area contributed by atoms with E-state index in [0.29, 0.717) is 11.8 Å². The highest BCUT2D eigenvalue weighted by Gasteiger charge is 2.38. The fourth-order valence-corrected chi connectivity index (χ4v) is 5.97. The van der Waals surface area contributed by atoms with E-state index < -0.39 is 11.9 Å². The third kappa shape index (κ3) is 7.89. The molecule has 0 aliphatic rings. The van der Waals surface area contributed by atoms with E-state index in [-0.39, 0.29) is 82.1 Å². The van der Waals surface area contributed by atoms with Crippen molar-refractivity contribution in [3.05, 3.63) is 130 Å². The maximum absolute atomic E-state index is 13.9. The fraction of sp³-hybridized carbons (Fsp3) is 0.214. The first-order chi connectivity index (χ1) is 25.8. The Morgan fingerprint density at radius 1 is 0.491 bits per heavy atom. The van der Waals surface area contributed by atoms with Gasteiger partial charge in [-0.15, -0.1) is 0 Å². The van der Waals surface area contributed by atoms with Gasteiger partial charge in [-0.1, -0.05) is 91.0 Å². The van der Waals surface area contributed by atoms with E-state index >= 15 is 0 Å². The average Bonchev–Trinajstić information content (AvgIpc) is 3.20. The van der Waals surface area contributed by atoms with Gasteiger partial charge in [0.05, 0.1) is 52.2 Å². The van der Waals surface area contributed by atoms with Crippen molar-refractivity contribution in [2.24, 2.45) is 0 Å². The third-order valence-electron chi connectivity index (χ3n) is 8.44. The molecule has 0 radical (unpaired) electrons. The van der Waals surface area contributed by atoms with Crippen LogP contribution in [-0.4, -0.2) is 53.8 Å². The summed E-state index contributed by atoms with van der Waals surface area (Å²) in [5.74, 6) is -1.62. The zero-order valence-electron chi connectivity index (χ0n) is 30.3. The lowest BCUT2D eigenvalue weighted by Crippen LogP contribution is -2.16. The summed E-state index contributed by atoms with van der Waals surface area (Å²) in [5, 5.41) is 0. The quantitative estimate of drug-likeness (QED) is 0.0732. The van der Waals surface area contributed by atoms with Crippen molar-refractivity contribution in [2.45, 2.75) is 26.7 Å². The number of esters is 2. The first-order valence-electron chi connectivity index (χ1n) is 16.5. The van der Waals surface area contributed by atoms with Crippen LogP contribution in [0.5, 0.6) is 34.5 Å². The molecule has 0 N–H and O–H groups in total. The summed E-state index contributed by atoms with van der Waals surface area (Å²) in [6, 6.07) is 27.8. The van der Waals surface area contributed by atoms with Gasteiger partial charge < -0.3 is 37.9 Å². The monoisotopic (exact) mass is 720 g/mol. The zero-order valence-corrected chi connectivity index (χ0v) is 30.3. The number of aldehydes is 1. The number of hydrogen-bond acceptors (Lipinski definition) is 11. The molecule has 11 nitrogen and oxygen atoms in total. The van der Waals surface area contributed by atoms with Crippen LogP contribution in [0, 0.1) is 6.92 Å². The van der Waals surface area contributed by atoms with Crippen molar-refractivity contribution in [1.82, 2.24) is 0 Å². The lowest BCUT2D eigenvalue weighted by Gasteiger charge is -2.27. The number of benzene rings is 5. The fourth-order valence-electron chi connectivity index (χ4n) is 5.97. The molecule has 0 saturated heterocycles. The second-order valence-corrected chi connectivity index (χ2v) is 11.5. The Labute approximate surface area is 307 Å². The van der Waals surface area contributed by atoms with E-state index in [1.54, 1.807) is 6.92 Å². The minimum atomic E-state index is -0.901. The zero-order chi connectivity index (χ0) is 37.9. The summed E-state index contributed by atoms with van der Waals surface area (Å²) < 4.78 is 47.9. The van der Waals surface area contributed by atoms with E-state index in [2.05, 4.69) is 0 Å². The van der Waals surface area contributed by atoms with Crippen molar-refractivity contribution >= 4 is 18.2 Å². The van der Waals surface area contributed by atoms with E-state index in [0.717, 1.165) is 16.7 Å². The normalized spacial score (nSPS) is 10.5. The molecule has 5 aromatic rings. The number of hydrogen-bond donors (Lipinski definition) is 0. The Morgan fingerprint density at radius 3 is 1.23 bits per heavy atom. The van der Waals surface area contributed by atoms with Gasteiger partial charge in [0, 0.05) is 5.56 Å². The first-order valence-corrected chi connectivity index (χ1v) is 16.5. The SMILES string of the molecule is COC(=O)c1c(C)c(OC)c(OC)c(-c2c(OC)c(OCc3ccccc3)c(C=O)c(C(=O)OC)c2OCc2ccccc2)c1OCc1ccccc1. The lowest BCUT2D eigenvalue weighted by atomic mass is 9.90.